The van der Waals surface area contributed by atoms with Crippen LogP contribution in [0.2, 0.25) is 0 Å². The van der Waals surface area contributed by atoms with Crippen molar-refractivity contribution in [3.05, 3.63) is 165 Å². The van der Waals surface area contributed by atoms with Crippen LogP contribution in [0.1, 0.15) is 33.6 Å². The maximum atomic E-state index is 13.9. The van der Waals surface area contributed by atoms with Gasteiger partial charge in [0.05, 0.1) is 65.8 Å². The summed E-state index contributed by atoms with van der Waals surface area (Å²) in [5.41, 5.74) is 9.59. The number of anilines is 4. The van der Waals surface area contributed by atoms with E-state index in [1.807, 2.05) is 97.1 Å². The third-order valence-electron chi connectivity index (χ3n) is 10.2. The monoisotopic (exact) mass is 813 g/mol. The van der Waals surface area contributed by atoms with Crippen molar-refractivity contribution in [2.24, 2.45) is 5.73 Å². The van der Waals surface area contributed by atoms with E-state index in [4.69, 9.17) is 15.7 Å². The molecule has 6 N–H and O–H groups in total. The molecule has 1 atom stereocenters. The average molecular weight is 814 g/mol. The minimum atomic E-state index is -1.18. The number of pyridine rings is 2. The third kappa shape index (κ3) is 8.13. The third-order valence-corrected chi connectivity index (χ3v) is 10.2. The van der Waals surface area contributed by atoms with Crippen molar-refractivity contribution in [2.75, 3.05) is 17.2 Å². The van der Waals surface area contributed by atoms with E-state index in [9.17, 15) is 34.6 Å². The Hall–Kier alpha value is -8.53. The Balaban J connectivity index is 0.997. The lowest BCUT2D eigenvalue weighted by Gasteiger charge is -2.19. The molecule has 0 bridgehead atoms. The minimum Gasteiger partial charge on any atom is -0.368 e. The van der Waals surface area contributed by atoms with E-state index in [2.05, 4.69) is 21.3 Å². The zero-order chi connectivity index (χ0) is 42.6. The second-order valence-electron chi connectivity index (χ2n) is 14.1. The molecule has 8 aromatic rings. The van der Waals surface area contributed by atoms with Gasteiger partial charge in [-0.25, -0.2) is 9.97 Å². The largest absolute Gasteiger partial charge is 0.368 e. The number of aromatic nitrogens is 2. The number of primary amides is 1. The number of nitro groups is 2. The molecule has 8 rings (SSSR count). The van der Waals surface area contributed by atoms with E-state index in [-0.39, 0.29) is 53.3 Å². The van der Waals surface area contributed by atoms with Gasteiger partial charge in [-0.15, -0.1) is 0 Å². The van der Waals surface area contributed by atoms with Gasteiger partial charge in [0.1, 0.15) is 6.04 Å². The fraction of sp³-hybridized carbons (Fsp3) is 0.0889. The lowest BCUT2D eigenvalue weighted by atomic mass is 10.0. The maximum Gasteiger partial charge on any atom is 0.271 e. The highest BCUT2D eigenvalue weighted by Crippen LogP contribution is 2.37. The molecule has 3 amide bonds. The molecule has 0 saturated heterocycles. The quantitative estimate of drug-likeness (QED) is 0.0304. The van der Waals surface area contributed by atoms with Crippen LogP contribution in [-0.2, 0) is 4.79 Å². The van der Waals surface area contributed by atoms with Gasteiger partial charge >= 0.3 is 0 Å². The summed E-state index contributed by atoms with van der Waals surface area (Å²) >= 11 is 0. The van der Waals surface area contributed by atoms with Gasteiger partial charge in [-0.2, -0.15) is 0 Å². The number of non-ortho nitro benzene ring substituents is 2. The smallest absolute Gasteiger partial charge is 0.271 e. The topological polar surface area (TPSA) is 237 Å². The first kappa shape index (κ1) is 39.3. The predicted molar refractivity (Wildman–Crippen MR) is 233 cm³/mol. The SMILES string of the molecule is NC(=O)[C@H](CCCNC(=O)c1ccc([N+](=O)[O-])cc1Nc1c2ccccc2nc2ccccc12)NC(=O)c1ccc([N+](=O)[O-])cc1Nc1c2ccccc2nc2ccccc12. The molecule has 0 spiro atoms. The van der Waals surface area contributed by atoms with Crippen molar-refractivity contribution in [3.63, 3.8) is 0 Å². The molecule has 2 aromatic heterocycles. The molecule has 302 valence electrons. The zero-order valence-electron chi connectivity index (χ0n) is 32.1. The predicted octanol–water partition coefficient (Wildman–Crippen LogP) is 8.19. The maximum absolute atomic E-state index is 13.9. The molecule has 16 heteroatoms. The number of amides is 3. The molecule has 0 unspecified atom stereocenters. The Labute approximate surface area is 346 Å². The van der Waals surface area contributed by atoms with Crippen LogP contribution in [-0.4, -0.2) is 50.1 Å². The zero-order valence-corrected chi connectivity index (χ0v) is 32.1. The Bertz CT molecular complexity index is 2980. The normalized spacial score (nSPS) is 11.6. The lowest BCUT2D eigenvalue weighted by Crippen LogP contribution is -2.45. The summed E-state index contributed by atoms with van der Waals surface area (Å²) in [6, 6.07) is 36.0. The number of nitrogens with two attached hydrogens (primary N) is 1. The number of para-hydroxylation sites is 4. The van der Waals surface area contributed by atoms with E-state index in [1.165, 1.54) is 36.4 Å². The number of rotatable bonds is 14. The van der Waals surface area contributed by atoms with Crippen LogP contribution < -0.4 is 27.0 Å². The highest BCUT2D eigenvalue weighted by atomic mass is 16.6. The molecule has 2 heterocycles. The van der Waals surface area contributed by atoms with E-state index < -0.39 is 33.6 Å². The molecule has 0 saturated carbocycles. The van der Waals surface area contributed by atoms with Gasteiger partial charge < -0.3 is 27.0 Å². The molecule has 0 aliphatic rings. The number of nitrogens with zero attached hydrogens (tertiary/aromatic N) is 4. The summed E-state index contributed by atoms with van der Waals surface area (Å²) < 4.78 is 0. The van der Waals surface area contributed by atoms with Crippen LogP contribution in [0.25, 0.3) is 43.6 Å². The number of hydrogen-bond acceptors (Lipinski definition) is 11. The van der Waals surface area contributed by atoms with Gasteiger partial charge in [-0.05, 0) is 49.2 Å². The number of carbonyl (C=O) groups excluding carboxylic acids is 3. The summed E-state index contributed by atoms with van der Waals surface area (Å²) in [6.07, 6.45) is 0.215. The highest BCUT2D eigenvalue weighted by Gasteiger charge is 2.24. The van der Waals surface area contributed by atoms with Crippen LogP contribution in [0.15, 0.2) is 133 Å². The molecule has 0 radical (unpaired) electrons. The van der Waals surface area contributed by atoms with Crippen molar-refractivity contribution >= 4 is 95.5 Å². The van der Waals surface area contributed by atoms with Crippen molar-refractivity contribution in [1.29, 1.82) is 0 Å². The van der Waals surface area contributed by atoms with Crippen molar-refractivity contribution in [3.8, 4) is 0 Å². The molecule has 0 aliphatic carbocycles. The molecule has 6 aromatic carbocycles. The van der Waals surface area contributed by atoms with E-state index in [0.29, 0.717) is 44.2 Å². The Kier molecular flexibility index (Phi) is 10.8. The number of benzene rings is 6. The van der Waals surface area contributed by atoms with Gasteiger partial charge in [0.15, 0.2) is 0 Å². The van der Waals surface area contributed by atoms with Crippen molar-refractivity contribution in [1.82, 2.24) is 20.6 Å². The number of carbonyl (C=O) groups is 3. The van der Waals surface area contributed by atoms with Crippen molar-refractivity contribution in [2.45, 2.75) is 18.9 Å². The van der Waals surface area contributed by atoms with Crippen LogP contribution in [0.5, 0.6) is 0 Å². The Morgan fingerprint density at radius 2 is 0.967 bits per heavy atom. The lowest BCUT2D eigenvalue weighted by molar-refractivity contribution is -0.385. The van der Waals surface area contributed by atoms with Gasteiger partial charge in [-0.1, -0.05) is 72.8 Å². The molecule has 61 heavy (non-hydrogen) atoms. The van der Waals surface area contributed by atoms with Gasteiger partial charge in [0.25, 0.3) is 23.2 Å². The first-order chi connectivity index (χ1) is 29.5. The van der Waals surface area contributed by atoms with Gasteiger partial charge in [0, 0.05) is 52.4 Å². The summed E-state index contributed by atoms with van der Waals surface area (Å²) in [6.45, 7) is 0.0442. The fourth-order valence-electron chi connectivity index (χ4n) is 7.24. The summed E-state index contributed by atoms with van der Waals surface area (Å²) in [4.78, 5) is 72.2. The second-order valence-corrected chi connectivity index (χ2v) is 14.1. The van der Waals surface area contributed by atoms with Crippen LogP contribution >= 0.6 is 0 Å². The number of fused-ring (bicyclic) bond motifs is 4. The molecule has 0 fully saturated rings. The van der Waals surface area contributed by atoms with E-state index in [1.54, 1.807) is 0 Å². The first-order valence-corrected chi connectivity index (χ1v) is 19.1. The van der Waals surface area contributed by atoms with E-state index >= 15 is 0 Å². The Morgan fingerprint density at radius 1 is 0.574 bits per heavy atom. The second kappa shape index (κ2) is 16.8. The average Bonchev–Trinajstić information content (AvgIpc) is 3.26. The fourth-order valence-corrected chi connectivity index (χ4v) is 7.24. The van der Waals surface area contributed by atoms with Crippen LogP contribution in [0, 0.1) is 20.2 Å². The van der Waals surface area contributed by atoms with Crippen LogP contribution in [0.3, 0.4) is 0 Å². The van der Waals surface area contributed by atoms with Crippen LogP contribution in [0.4, 0.5) is 34.1 Å². The summed E-state index contributed by atoms with van der Waals surface area (Å²) in [5.74, 6) is -2.09. The van der Waals surface area contributed by atoms with Crippen molar-refractivity contribution < 1.29 is 24.2 Å². The molecule has 0 aliphatic heterocycles. The van der Waals surface area contributed by atoms with E-state index in [0.717, 1.165) is 10.8 Å². The Morgan fingerprint density at radius 3 is 1.36 bits per heavy atom. The molecule has 16 nitrogen and oxygen atoms in total. The van der Waals surface area contributed by atoms with Gasteiger partial charge in [-0.3, -0.25) is 34.6 Å². The summed E-state index contributed by atoms with van der Waals surface area (Å²) in [7, 11) is 0. The number of nitro benzene ring substituents is 2. The molecular weight excluding hydrogens is 779 g/mol. The standard InChI is InChI=1S/C45H35N9O7/c46-43(55)38(52-45(57)33-22-20-27(54(60)61)25-40(33)51-42-30-12-3-7-16-36(30)49-37-17-8-4-13-31(37)42)18-9-23-47-44(56)32-21-19-26(53(58)59)24-39(32)50-41-28-10-1-5-14-34(28)48-35-15-6-2-11-29(35)41/h1-8,10-17,19-22,24-25,38H,9,18,23H2,(H2,46,55)(H,47,56)(H,48,50)(H,49,51)(H,52,57)/t38-/m0/s1. The van der Waals surface area contributed by atoms with Gasteiger partial charge in [0.2, 0.25) is 5.91 Å². The molecular formula is C45H35N9O7. The first-order valence-electron chi connectivity index (χ1n) is 19.1. The minimum absolute atomic E-state index is 0.0167. The number of hydrogen-bond donors (Lipinski definition) is 5. The highest BCUT2D eigenvalue weighted by molar-refractivity contribution is 6.12. The number of nitrogens with one attached hydrogen (secondary N) is 4. The summed E-state index contributed by atoms with van der Waals surface area (Å²) in [5, 5.41) is 38.6.